The molecule has 6 nitrogen and oxygen atoms in total. The van der Waals surface area contributed by atoms with E-state index >= 15 is 0 Å². The summed E-state index contributed by atoms with van der Waals surface area (Å²) in [5.74, 6) is 0. The summed E-state index contributed by atoms with van der Waals surface area (Å²) in [5.41, 5.74) is 5.47. The van der Waals surface area contributed by atoms with E-state index < -0.39 is 6.10 Å². The molecule has 0 saturated heterocycles. The first-order valence-corrected chi connectivity index (χ1v) is 9.85. The SMILES string of the molecule is Cn1nccc1[C@@H](O)c1cc2n(n1)CCN(Cc1ccc(C(C)(C)C)cc1)C2. The van der Waals surface area contributed by atoms with E-state index in [1.165, 1.54) is 11.1 Å². The lowest BCUT2D eigenvalue weighted by Gasteiger charge is -2.28. The first-order chi connectivity index (χ1) is 13.3. The van der Waals surface area contributed by atoms with Crippen LogP contribution in [-0.4, -0.2) is 36.1 Å². The van der Waals surface area contributed by atoms with E-state index in [9.17, 15) is 5.11 Å². The Bertz CT molecular complexity index is 948. The van der Waals surface area contributed by atoms with Gasteiger partial charge < -0.3 is 5.11 Å². The van der Waals surface area contributed by atoms with Gasteiger partial charge in [0.1, 0.15) is 6.10 Å². The number of benzene rings is 1. The molecule has 1 aliphatic heterocycles. The smallest absolute Gasteiger partial charge is 0.139 e. The van der Waals surface area contributed by atoms with Crippen LogP contribution >= 0.6 is 0 Å². The molecule has 1 atom stereocenters. The number of nitrogens with zero attached hydrogens (tertiary/aromatic N) is 5. The van der Waals surface area contributed by atoms with Gasteiger partial charge >= 0.3 is 0 Å². The molecule has 3 aromatic rings. The summed E-state index contributed by atoms with van der Waals surface area (Å²) in [5, 5.41) is 19.4. The number of fused-ring (bicyclic) bond motifs is 1. The van der Waals surface area contributed by atoms with Gasteiger partial charge in [-0.15, -0.1) is 0 Å². The quantitative estimate of drug-likeness (QED) is 0.757. The molecule has 0 radical (unpaired) electrons. The number of aliphatic hydroxyl groups is 1. The zero-order valence-electron chi connectivity index (χ0n) is 17.1. The molecule has 0 fully saturated rings. The summed E-state index contributed by atoms with van der Waals surface area (Å²) in [6.45, 7) is 10.3. The van der Waals surface area contributed by atoms with Crippen LogP contribution in [0.15, 0.2) is 42.6 Å². The van der Waals surface area contributed by atoms with E-state index in [2.05, 4.69) is 60.1 Å². The first kappa shape index (κ1) is 18.9. The van der Waals surface area contributed by atoms with Crippen LogP contribution in [0.25, 0.3) is 0 Å². The zero-order chi connectivity index (χ0) is 19.9. The molecule has 1 aromatic carbocycles. The second kappa shape index (κ2) is 7.18. The summed E-state index contributed by atoms with van der Waals surface area (Å²) >= 11 is 0. The first-order valence-electron chi connectivity index (χ1n) is 9.85. The average Bonchev–Trinajstić information content (AvgIpc) is 3.26. The lowest BCUT2D eigenvalue weighted by Crippen LogP contribution is -2.33. The van der Waals surface area contributed by atoms with Crippen LogP contribution in [0.2, 0.25) is 0 Å². The molecule has 2 aromatic heterocycles. The fourth-order valence-corrected chi connectivity index (χ4v) is 3.78. The van der Waals surface area contributed by atoms with Gasteiger partial charge in [-0.3, -0.25) is 14.3 Å². The van der Waals surface area contributed by atoms with Crippen molar-refractivity contribution in [2.75, 3.05) is 6.54 Å². The Labute approximate surface area is 166 Å². The van der Waals surface area contributed by atoms with Gasteiger partial charge in [0.05, 0.1) is 23.6 Å². The van der Waals surface area contributed by atoms with Gasteiger partial charge in [-0.1, -0.05) is 45.0 Å². The monoisotopic (exact) mass is 379 g/mol. The Morgan fingerprint density at radius 3 is 2.50 bits per heavy atom. The van der Waals surface area contributed by atoms with Crippen LogP contribution in [0.1, 0.15) is 55.1 Å². The molecule has 1 N–H and O–H groups in total. The third-order valence-electron chi connectivity index (χ3n) is 5.54. The minimum atomic E-state index is -0.746. The molecule has 0 aliphatic carbocycles. The van der Waals surface area contributed by atoms with Crippen molar-refractivity contribution in [2.24, 2.45) is 7.05 Å². The van der Waals surface area contributed by atoms with Crippen molar-refractivity contribution < 1.29 is 5.11 Å². The maximum atomic E-state index is 10.7. The molecule has 0 unspecified atom stereocenters. The Morgan fingerprint density at radius 1 is 1.11 bits per heavy atom. The fraction of sp³-hybridized carbons (Fsp3) is 0.455. The summed E-state index contributed by atoms with van der Waals surface area (Å²) in [6, 6.07) is 12.8. The van der Waals surface area contributed by atoms with Gasteiger partial charge in [0, 0.05) is 32.9 Å². The standard InChI is InChI=1S/C22H29N5O/c1-22(2,3)17-7-5-16(6-8-17)14-26-11-12-27-18(15-26)13-19(24-27)21(28)20-9-10-23-25(20)4/h5-10,13,21,28H,11-12,14-15H2,1-4H3/t21-/m0/s1. The zero-order valence-corrected chi connectivity index (χ0v) is 17.1. The van der Waals surface area contributed by atoms with E-state index in [0.717, 1.165) is 37.6 Å². The molecule has 4 rings (SSSR count). The molecule has 0 spiro atoms. The number of hydrogen-bond acceptors (Lipinski definition) is 4. The maximum absolute atomic E-state index is 10.7. The topological polar surface area (TPSA) is 59.1 Å². The van der Waals surface area contributed by atoms with E-state index in [1.807, 2.05) is 23.9 Å². The Balaban J connectivity index is 1.45. The highest BCUT2D eigenvalue weighted by atomic mass is 16.3. The van der Waals surface area contributed by atoms with Gasteiger partial charge in [-0.05, 0) is 28.7 Å². The summed E-state index contributed by atoms with van der Waals surface area (Å²) in [6.07, 6.45) is 0.949. The van der Waals surface area contributed by atoms with Gasteiger partial charge in [0.15, 0.2) is 0 Å². The van der Waals surface area contributed by atoms with Crippen molar-refractivity contribution in [2.45, 2.75) is 51.9 Å². The number of aromatic nitrogens is 4. The lowest BCUT2D eigenvalue weighted by atomic mass is 9.87. The van der Waals surface area contributed by atoms with Crippen LogP contribution in [-0.2, 0) is 32.1 Å². The summed E-state index contributed by atoms with van der Waals surface area (Å²) < 4.78 is 3.71. The van der Waals surface area contributed by atoms with Crippen molar-refractivity contribution in [3.63, 3.8) is 0 Å². The molecule has 0 amide bonds. The largest absolute Gasteiger partial charge is 0.380 e. The number of aliphatic hydroxyl groups excluding tert-OH is 1. The van der Waals surface area contributed by atoms with E-state index in [4.69, 9.17) is 0 Å². The van der Waals surface area contributed by atoms with Crippen LogP contribution < -0.4 is 0 Å². The maximum Gasteiger partial charge on any atom is 0.139 e. The Morgan fingerprint density at radius 2 is 1.86 bits per heavy atom. The third-order valence-corrected chi connectivity index (χ3v) is 5.54. The normalized spacial score (nSPS) is 16.2. The Hall–Kier alpha value is -2.44. The van der Waals surface area contributed by atoms with Crippen molar-refractivity contribution in [1.29, 1.82) is 0 Å². The Kier molecular flexibility index (Phi) is 4.85. The van der Waals surface area contributed by atoms with Crippen molar-refractivity contribution >= 4 is 0 Å². The molecule has 0 bridgehead atoms. The van der Waals surface area contributed by atoms with Gasteiger partial charge in [-0.25, -0.2) is 0 Å². The fourth-order valence-electron chi connectivity index (χ4n) is 3.78. The molecule has 6 heteroatoms. The van der Waals surface area contributed by atoms with E-state index in [0.29, 0.717) is 5.69 Å². The lowest BCUT2D eigenvalue weighted by molar-refractivity contribution is 0.196. The third kappa shape index (κ3) is 3.75. The van der Waals surface area contributed by atoms with E-state index in [1.54, 1.807) is 10.9 Å². The molecule has 1 aliphatic rings. The summed E-state index contributed by atoms with van der Waals surface area (Å²) in [4.78, 5) is 2.43. The highest BCUT2D eigenvalue weighted by molar-refractivity contribution is 5.28. The molecule has 148 valence electrons. The van der Waals surface area contributed by atoms with Crippen molar-refractivity contribution in [1.82, 2.24) is 24.5 Å². The van der Waals surface area contributed by atoms with Crippen LogP contribution in [0.4, 0.5) is 0 Å². The molecular weight excluding hydrogens is 350 g/mol. The second-order valence-electron chi connectivity index (χ2n) is 8.72. The molecule has 3 heterocycles. The molecular formula is C22H29N5O. The van der Waals surface area contributed by atoms with E-state index in [-0.39, 0.29) is 5.41 Å². The molecule has 28 heavy (non-hydrogen) atoms. The minimum absolute atomic E-state index is 0.182. The second-order valence-corrected chi connectivity index (χ2v) is 8.72. The number of rotatable bonds is 4. The average molecular weight is 380 g/mol. The highest BCUT2D eigenvalue weighted by Crippen LogP contribution is 2.25. The highest BCUT2D eigenvalue weighted by Gasteiger charge is 2.23. The van der Waals surface area contributed by atoms with Gasteiger partial charge in [0.2, 0.25) is 0 Å². The van der Waals surface area contributed by atoms with Crippen LogP contribution in [0.5, 0.6) is 0 Å². The molecule has 0 saturated carbocycles. The predicted molar refractivity (Wildman–Crippen MR) is 109 cm³/mol. The van der Waals surface area contributed by atoms with Crippen molar-refractivity contribution in [3.8, 4) is 0 Å². The van der Waals surface area contributed by atoms with Crippen LogP contribution in [0.3, 0.4) is 0 Å². The van der Waals surface area contributed by atoms with Gasteiger partial charge in [-0.2, -0.15) is 10.2 Å². The number of aryl methyl sites for hydroxylation is 1. The summed E-state index contributed by atoms with van der Waals surface area (Å²) in [7, 11) is 1.83. The van der Waals surface area contributed by atoms with Gasteiger partial charge in [0.25, 0.3) is 0 Å². The minimum Gasteiger partial charge on any atom is -0.380 e. The predicted octanol–water partition coefficient (Wildman–Crippen LogP) is 3.01. The number of hydrogen-bond donors (Lipinski definition) is 1. The van der Waals surface area contributed by atoms with Crippen LogP contribution in [0, 0.1) is 0 Å². The van der Waals surface area contributed by atoms with Crippen molar-refractivity contribution in [3.05, 3.63) is 70.8 Å².